The molecule has 1 saturated heterocycles. The molecule has 8 heteroatoms. The molecule has 0 saturated carbocycles. The van der Waals surface area contributed by atoms with E-state index in [1.165, 1.54) is 20.9 Å². The third-order valence-electron chi connectivity index (χ3n) is 6.80. The Morgan fingerprint density at radius 2 is 1.39 bits per heavy atom. The molecule has 1 fully saturated rings. The molecule has 0 N–H and O–H groups in total. The van der Waals surface area contributed by atoms with Gasteiger partial charge in [-0.3, -0.25) is 19.4 Å². The van der Waals surface area contributed by atoms with E-state index in [1.54, 1.807) is 43.5 Å². The first-order chi connectivity index (χ1) is 19.8. The van der Waals surface area contributed by atoms with Crippen LogP contribution in [0.5, 0.6) is 11.5 Å². The van der Waals surface area contributed by atoms with Gasteiger partial charge in [0.15, 0.2) is 16.6 Å². The number of para-hydroxylation sites is 2. The number of anilines is 2. The van der Waals surface area contributed by atoms with Crippen molar-refractivity contribution in [3.8, 4) is 11.5 Å². The molecule has 41 heavy (non-hydrogen) atoms. The highest BCUT2D eigenvalue weighted by Gasteiger charge is 2.41. The number of ether oxygens (including phenoxy) is 2. The summed E-state index contributed by atoms with van der Waals surface area (Å²) >= 11 is 7.87. The van der Waals surface area contributed by atoms with Crippen molar-refractivity contribution in [2.45, 2.75) is 20.5 Å². The van der Waals surface area contributed by atoms with Crippen molar-refractivity contribution < 1.29 is 19.1 Å². The number of thiocarbonyl (C=S) groups is 1. The van der Waals surface area contributed by atoms with E-state index in [4.69, 9.17) is 21.7 Å². The van der Waals surface area contributed by atoms with Gasteiger partial charge >= 0.3 is 0 Å². The summed E-state index contributed by atoms with van der Waals surface area (Å²) in [6.45, 7) is 4.52. The van der Waals surface area contributed by atoms with Crippen LogP contribution in [0.25, 0.3) is 6.08 Å². The van der Waals surface area contributed by atoms with Gasteiger partial charge in [-0.05, 0) is 113 Å². The zero-order valence-electron chi connectivity index (χ0n) is 22.8. The summed E-state index contributed by atoms with van der Waals surface area (Å²) < 4.78 is 12.6. The molecule has 0 bridgehead atoms. The molecule has 0 aliphatic carbocycles. The van der Waals surface area contributed by atoms with Gasteiger partial charge in [-0.25, -0.2) is 0 Å². The Morgan fingerprint density at radius 1 is 0.805 bits per heavy atom. The third kappa shape index (κ3) is 5.89. The van der Waals surface area contributed by atoms with E-state index in [1.807, 2.05) is 48.5 Å². The van der Waals surface area contributed by atoms with Gasteiger partial charge in [0.2, 0.25) is 0 Å². The number of amides is 2. The highest BCUT2D eigenvalue weighted by atomic mass is 127. The van der Waals surface area contributed by atoms with Crippen LogP contribution in [0, 0.1) is 17.4 Å². The Labute approximate surface area is 258 Å². The van der Waals surface area contributed by atoms with Crippen LogP contribution in [0.1, 0.15) is 22.3 Å². The van der Waals surface area contributed by atoms with E-state index in [0.717, 1.165) is 9.13 Å². The average molecular weight is 675 g/mol. The fraction of sp³-hybridized carbons (Fsp3) is 0.121. The Kier molecular flexibility index (Phi) is 8.51. The molecule has 1 aliphatic rings. The number of rotatable bonds is 7. The van der Waals surface area contributed by atoms with Crippen molar-refractivity contribution in [3.63, 3.8) is 0 Å². The quantitative estimate of drug-likeness (QED) is 0.0896. The van der Waals surface area contributed by atoms with Gasteiger partial charge in [-0.2, -0.15) is 0 Å². The number of hydrogen-bond donors (Lipinski definition) is 0. The smallest absolute Gasteiger partial charge is 0.270 e. The van der Waals surface area contributed by atoms with Crippen LogP contribution in [0.4, 0.5) is 11.4 Å². The minimum Gasteiger partial charge on any atom is -0.493 e. The first-order valence-corrected chi connectivity index (χ1v) is 14.4. The minimum atomic E-state index is -0.498. The molecule has 6 nitrogen and oxygen atoms in total. The summed E-state index contributed by atoms with van der Waals surface area (Å²) in [4.78, 5) is 30.4. The summed E-state index contributed by atoms with van der Waals surface area (Å²) in [5.74, 6) is 0.0938. The predicted octanol–water partition coefficient (Wildman–Crippen LogP) is 7.24. The topological polar surface area (TPSA) is 59.1 Å². The van der Waals surface area contributed by atoms with Crippen LogP contribution in [0.15, 0.2) is 96.6 Å². The molecule has 0 radical (unpaired) electrons. The third-order valence-corrected chi connectivity index (χ3v) is 7.96. The SMILES string of the molecule is COc1cc(C=C2C(=O)N(c3ccccc3)C(=S)N(c3ccccc3)C2=O)cc(I)c1OCc1ccc(C)c(C)c1. The number of carbonyl (C=O) groups is 2. The number of methoxy groups -OCH3 is 1. The molecular formula is C33H27IN2O4S. The maximum absolute atomic E-state index is 13.8. The van der Waals surface area contributed by atoms with Crippen LogP contribution in [-0.2, 0) is 16.2 Å². The predicted molar refractivity (Wildman–Crippen MR) is 174 cm³/mol. The molecular weight excluding hydrogens is 647 g/mol. The number of nitrogens with zero attached hydrogens (tertiary/aromatic N) is 2. The fourth-order valence-electron chi connectivity index (χ4n) is 4.52. The van der Waals surface area contributed by atoms with Gasteiger partial charge in [-0.1, -0.05) is 54.6 Å². The van der Waals surface area contributed by atoms with E-state index >= 15 is 0 Å². The van der Waals surface area contributed by atoms with Crippen molar-refractivity contribution >= 4 is 69.2 Å². The van der Waals surface area contributed by atoms with Gasteiger partial charge < -0.3 is 9.47 Å². The summed E-state index contributed by atoms with van der Waals surface area (Å²) in [6.07, 6.45) is 1.58. The van der Waals surface area contributed by atoms with E-state index in [0.29, 0.717) is 35.0 Å². The van der Waals surface area contributed by atoms with Crippen molar-refractivity contribution in [3.05, 3.63) is 122 Å². The summed E-state index contributed by atoms with van der Waals surface area (Å²) in [7, 11) is 1.56. The lowest BCUT2D eigenvalue weighted by Crippen LogP contribution is -2.56. The van der Waals surface area contributed by atoms with Gasteiger partial charge in [0, 0.05) is 0 Å². The number of aryl methyl sites for hydroxylation is 2. The lowest BCUT2D eigenvalue weighted by Gasteiger charge is -2.36. The van der Waals surface area contributed by atoms with Crippen molar-refractivity contribution in [2.75, 3.05) is 16.9 Å². The minimum absolute atomic E-state index is 0.0204. The Bertz CT molecular complexity index is 1610. The highest BCUT2D eigenvalue weighted by Crippen LogP contribution is 2.36. The van der Waals surface area contributed by atoms with E-state index < -0.39 is 11.8 Å². The molecule has 0 spiro atoms. The van der Waals surface area contributed by atoms with Crippen LogP contribution in [-0.4, -0.2) is 24.0 Å². The van der Waals surface area contributed by atoms with Gasteiger partial charge in [0.1, 0.15) is 12.2 Å². The maximum Gasteiger partial charge on any atom is 0.270 e. The van der Waals surface area contributed by atoms with Crippen LogP contribution in [0.2, 0.25) is 0 Å². The van der Waals surface area contributed by atoms with Gasteiger partial charge in [0.25, 0.3) is 11.8 Å². The van der Waals surface area contributed by atoms with Crippen LogP contribution < -0.4 is 19.3 Å². The second kappa shape index (κ2) is 12.2. The summed E-state index contributed by atoms with van der Waals surface area (Å²) in [5.41, 5.74) is 5.22. The van der Waals surface area contributed by atoms with Crippen molar-refractivity contribution in [1.29, 1.82) is 0 Å². The second-order valence-electron chi connectivity index (χ2n) is 9.53. The zero-order chi connectivity index (χ0) is 29.1. The van der Waals surface area contributed by atoms with Crippen LogP contribution >= 0.6 is 34.8 Å². The molecule has 2 amide bonds. The molecule has 1 aliphatic heterocycles. The number of benzene rings is 4. The highest BCUT2D eigenvalue weighted by molar-refractivity contribution is 14.1. The molecule has 206 valence electrons. The van der Waals surface area contributed by atoms with Gasteiger partial charge in [-0.15, -0.1) is 0 Å². The van der Waals surface area contributed by atoms with E-state index in [2.05, 4.69) is 48.6 Å². The summed E-state index contributed by atoms with van der Waals surface area (Å²) in [6, 6.07) is 28.0. The largest absolute Gasteiger partial charge is 0.493 e. The fourth-order valence-corrected chi connectivity index (χ4v) is 5.68. The zero-order valence-corrected chi connectivity index (χ0v) is 25.7. The number of hydrogen-bond acceptors (Lipinski definition) is 5. The summed E-state index contributed by atoms with van der Waals surface area (Å²) in [5, 5.41) is 0.0943. The maximum atomic E-state index is 13.8. The standard InChI is InChI=1S/C33H27IN2O4S/c1-21-14-15-23(16-22(21)2)20-40-30-28(34)18-24(19-29(30)39-3)17-27-31(37)35(25-10-6-4-7-11-25)33(41)36(32(27)38)26-12-8-5-9-13-26/h4-19H,20H2,1-3H3. The molecule has 0 atom stereocenters. The lowest BCUT2D eigenvalue weighted by atomic mass is 10.0. The molecule has 1 heterocycles. The average Bonchev–Trinajstić information content (AvgIpc) is 2.97. The lowest BCUT2D eigenvalue weighted by molar-refractivity contribution is -0.120. The monoisotopic (exact) mass is 674 g/mol. The number of halogens is 1. The molecule has 4 aromatic rings. The molecule has 0 aromatic heterocycles. The molecule has 4 aromatic carbocycles. The first-order valence-electron chi connectivity index (χ1n) is 12.9. The molecule has 0 unspecified atom stereocenters. The Morgan fingerprint density at radius 3 is 1.93 bits per heavy atom. The van der Waals surface area contributed by atoms with Gasteiger partial charge in [0.05, 0.1) is 22.1 Å². The number of carbonyl (C=O) groups excluding carboxylic acids is 2. The Hall–Kier alpha value is -4.02. The normalized spacial score (nSPS) is 13.5. The Balaban J connectivity index is 1.53. The second-order valence-corrected chi connectivity index (χ2v) is 11.1. The van der Waals surface area contributed by atoms with Crippen molar-refractivity contribution in [2.24, 2.45) is 0 Å². The first kappa shape index (κ1) is 28.5. The van der Waals surface area contributed by atoms with E-state index in [9.17, 15) is 9.59 Å². The van der Waals surface area contributed by atoms with Crippen LogP contribution in [0.3, 0.4) is 0 Å². The molecule has 5 rings (SSSR count). The van der Waals surface area contributed by atoms with Crippen molar-refractivity contribution in [1.82, 2.24) is 0 Å². The van der Waals surface area contributed by atoms with E-state index in [-0.39, 0.29) is 10.7 Å².